The summed E-state index contributed by atoms with van der Waals surface area (Å²) in [5.74, 6) is -1.42. The smallest absolute Gasteiger partial charge is 0.425 e. The topological polar surface area (TPSA) is 83.5 Å². The summed E-state index contributed by atoms with van der Waals surface area (Å²) in [6.07, 6.45) is -4.63. The van der Waals surface area contributed by atoms with Gasteiger partial charge in [0.1, 0.15) is 15.1 Å². The molecule has 2 N–H and O–H groups in total. The lowest BCUT2D eigenvalue weighted by atomic mass is 10.4. The fourth-order valence-electron chi connectivity index (χ4n) is 0.958. The highest BCUT2D eigenvalue weighted by Crippen LogP contribution is 2.36. The zero-order valence-corrected chi connectivity index (χ0v) is 10.5. The van der Waals surface area contributed by atoms with E-state index in [1.807, 2.05) is 0 Å². The van der Waals surface area contributed by atoms with E-state index in [1.54, 1.807) is 4.72 Å². The van der Waals surface area contributed by atoms with Gasteiger partial charge in [0.15, 0.2) is 0 Å². The molecule has 0 amide bonds. The molecule has 0 bridgehead atoms. The molecule has 0 radical (unpaired) electrons. The Morgan fingerprint density at radius 3 is 2.39 bits per heavy atom. The van der Waals surface area contributed by atoms with Gasteiger partial charge in [0.25, 0.3) is 10.0 Å². The first kappa shape index (κ1) is 14.9. The second kappa shape index (κ2) is 4.86. The van der Waals surface area contributed by atoms with Crippen molar-refractivity contribution in [1.82, 2.24) is 4.72 Å². The van der Waals surface area contributed by atoms with Gasteiger partial charge in [-0.3, -0.25) is 4.79 Å². The molecule has 0 aliphatic heterocycles. The minimum Gasteiger partial charge on any atom is -0.480 e. The van der Waals surface area contributed by atoms with Gasteiger partial charge in [-0.1, -0.05) is 0 Å². The number of alkyl halides is 3. The van der Waals surface area contributed by atoms with Crippen molar-refractivity contribution in [3.05, 3.63) is 17.0 Å². The van der Waals surface area contributed by atoms with Gasteiger partial charge in [0.2, 0.25) is 0 Å². The normalized spacial score (nSPS) is 14.4. The third kappa shape index (κ3) is 3.43. The Balaban J connectivity index is 3.00. The summed E-state index contributed by atoms with van der Waals surface area (Å²) in [4.78, 5) is 9.41. The van der Waals surface area contributed by atoms with Crippen LogP contribution < -0.4 is 4.72 Å². The van der Waals surface area contributed by atoms with Crippen LogP contribution in [0.5, 0.6) is 0 Å². The van der Waals surface area contributed by atoms with Gasteiger partial charge in [0, 0.05) is 0 Å². The molecular formula is C8H8F3NO4S2. The molecule has 5 nitrogen and oxygen atoms in total. The van der Waals surface area contributed by atoms with Crippen LogP contribution >= 0.6 is 11.3 Å². The van der Waals surface area contributed by atoms with Crippen LogP contribution in [0, 0.1) is 0 Å². The van der Waals surface area contributed by atoms with E-state index in [2.05, 4.69) is 0 Å². The molecule has 0 aliphatic carbocycles. The number of carboxylic acid groups (broad SMARTS) is 1. The van der Waals surface area contributed by atoms with E-state index >= 15 is 0 Å². The lowest BCUT2D eigenvalue weighted by molar-refractivity contribution is -0.138. The van der Waals surface area contributed by atoms with Crippen LogP contribution in [0.1, 0.15) is 11.8 Å². The SMILES string of the molecule is C[C@H](NS(=O)(=O)c1ccc(C(F)(F)F)s1)C(=O)O. The van der Waals surface area contributed by atoms with E-state index in [0.717, 1.165) is 13.0 Å². The highest BCUT2D eigenvalue weighted by molar-refractivity contribution is 7.91. The largest absolute Gasteiger partial charge is 0.480 e. The van der Waals surface area contributed by atoms with Gasteiger partial charge in [-0.05, 0) is 19.1 Å². The van der Waals surface area contributed by atoms with Gasteiger partial charge in [-0.15, -0.1) is 11.3 Å². The molecule has 0 fully saturated rings. The first-order chi connectivity index (χ1) is 8.04. The molecule has 18 heavy (non-hydrogen) atoms. The first-order valence-corrected chi connectivity index (χ1v) is 6.76. The lowest BCUT2D eigenvalue weighted by Crippen LogP contribution is -2.37. The summed E-state index contributed by atoms with van der Waals surface area (Å²) in [6, 6.07) is -0.0128. The number of halogens is 3. The standard InChI is InChI=1S/C8H8F3NO4S2/c1-4(7(13)14)12-18(15,16)6-3-2-5(17-6)8(9,10)11/h2-4,12H,1H3,(H,13,14)/t4-/m0/s1. The van der Waals surface area contributed by atoms with Crippen molar-refractivity contribution < 1.29 is 31.5 Å². The Morgan fingerprint density at radius 1 is 1.44 bits per heavy atom. The van der Waals surface area contributed by atoms with Crippen LogP contribution in [0.15, 0.2) is 16.3 Å². The van der Waals surface area contributed by atoms with Gasteiger partial charge in [-0.25, -0.2) is 8.42 Å². The number of nitrogens with one attached hydrogen (secondary N) is 1. The number of rotatable bonds is 4. The maximum absolute atomic E-state index is 12.3. The molecule has 0 unspecified atom stereocenters. The van der Waals surface area contributed by atoms with Gasteiger partial charge < -0.3 is 5.11 Å². The van der Waals surface area contributed by atoms with Crippen LogP contribution in [-0.4, -0.2) is 25.5 Å². The van der Waals surface area contributed by atoms with Crippen LogP contribution in [-0.2, 0) is 21.0 Å². The summed E-state index contributed by atoms with van der Waals surface area (Å²) in [7, 11) is -4.26. The van der Waals surface area contributed by atoms with Crippen LogP contribution in [0.25, 0.3) is 0 Å². The zero-order chi connectivity index (χ0) is 14.1. The second-order valence-electron chi connectivity index (χ2n) is 3.30. The number of thiophene rings is 1. The van der Waals surface area contributed by atoms with Crippen molar-refractivity contribution in [2.24, 2.45) is 0 Å². The van der Waals surface area contributed by atoms with Gasteiger partial charge >= 0.3 is 12.1 Å². The fourth-order valence-corrected chi connectivity index (χ4v) is 3.34. The Kier molecular flexibility index (Phi) is 4.03. The maximum atomic E-state index is 12.3. The number of hydrogen-bond acceptors (Lipinski definition) is 4. The van der Waals surface area contributed by atoms with Crippen LogP contribution in [0.4, 0.5) is 13.2 Å². The zero-order valence-electron chi connectivity index (χ0n) is 8.85. The number of aliphatic carboxylic acids is 1. The molecular weight excluding hydrogens is 295 g/mol. The Labute approximate surface area is 104 Å². The fraction of sp³-hybridized carbons (Fsp3) is 0.375. The summed E-state index contributed by atoms with van der Waals surface area (Å²) in [5, 5.41) is 8.52. The summed E-state index contributed by atoms with van der Waals surface area (Å²) in [5.41, 5.74) is 0. The van der Waals surface area contributed by atoms with E-state index < -0.39 is 37.3 Å². The Hall–Kier alpha value is -1.13. The van der Waals surface area contributed by atoms with Crippen molar-refractivity contribution in [3.8, 4) is 0 Å². The molecule has 0 spiro atoms. The van der Waals surface area contributed by atoms with E-state index in [0.29, 0.717) is 6.07 Å². The molecule has 1 rings (SSSR count). The molecule has 1 heterocycles. The van der Waals surface area contributed by atoms with Crippen molar-refractivity contribution in [3.63, 3.8) is 0 Å². The lowest BCUT2D eigenvalue weighted by Gasteiger charge is -2.08. The molecule has 1 aromatic rings. The predicted octanol–water partition coefficient (Wildman–Crippen LogP) is 1.52. The molecule has 0 aliphatic rings. The first-order valence-electron chi connectivity index (χ1n) is 4.46. The average Bonchev–Trinajstić information content (AvgIpc) is 2.64. The third-order valence-electron chi connectivity index (χ3n) is 1.83. The van der Waals surface area contributed by atoms with Gasteiger partial charge in [-0.2, -0.15) is 17.9 Å². The molecule has 0 saturated carbocycles. The number of carboxylic acids is 1. The third-order valence-corrected chi connectivity index (χ3v) is 4.99. The highest BCUT2D eigenvalue weighted by Gasteiger charge is 2.34. The quantitative estimate of drug-likeness (QED) is 0.883. The monoisotopic (exact) mass is 303 g/mol. The molecule has 102 valence electrons. The maximum Gasteiger partial charge on any atom is 0.425 e. The van der Waals surface area contributed by atoms with Crippen molar-refractivity contribution in [2.45, 2.75) is 23.4 Å². The Morgan fingerprint density at radius 2 is 2.00 bits per heavy atom. The summed E-state index contributed by atoms with van der Waals surface area (Å²) >= 11 is 0.0321. The van der Waals surface area contributed by atoms with Crippen molar-refractivity contribution in [1.29, 1.82) is 0 Å². The number of carbonyl (C=O) groups is 1. The summed E-state index contributed by atoms with van der Waals surface area (Å²) < 4.78 is 61.1. The minimum atomic E-state index is -4.63. The highest BCUT2D eigenvalue weighted by atomic mass is 32.2. The molecule has 1 atom stereocenters. The average molecular weight is 303 g/mol. The predicted molar refractivity (Wildman–Crippen MR) is 56.7 cm³/mol. The molecule has 1 aromatic heterocycles. The molecule has 0 saturated heterocycles. The number of sulfonamides is 1. The van der Waals surface area contributed by atoms with Crippen molar-refractivity contribution in [2.75, 3.05) is 0 Å². The van der Waals surface area contributed by atoms with E-state index in [1.165, 1.54) is 0 Å². The Bertz CT molecular complexity index is 549. The van der Waals surface area contributed by atoms with E-state index in [9.17, 15) is 26.4 Å². The summed E-state index contributed by atoms with van der Waals surface area (Å²) in [6.45, 7) is 1.07. The number of hydrogen-bond donors (Lipinski definition) is 2. The molecule has 10 heteroatoms. The van der Waals surface area contributed by atoms with E-state index in [4.69, 9.17) is 5.11 Å². The van der Waals surface area contributed by atoms with Crippen LogP contribution in [0.2, 0.25) is 0 Å². The van der Waals surface area contributed by atoms with Crippen molar-refractivity contribution >= 4 is 27.3 Å². The van der Waals surface area contributed by atoms with Gasteiger partial charge in [0.05, 0.1) is 0 Å². The molecule has 0 aromatic carbocycles. The van der Waals surface area contributed by atoms with E-state index in [-0.39, 0.29) is 11.3 Å². The second-order valence-corrected chi connectivity index (χ2v) is 6.32. The minimum absolute atomic E-state index is 0.0321. The van der Waals surface area contributed by atoms with Crippen LogP contribution in [0.3, 0.4) is 0 Å².